The number of carboxylic acids is 1. The molecule has 0 saturated carbocycles. The fourth-order valence-corrected chi connectivity index (χ4v) is 2.51. The van der Waals surface area contributed by atoms with Crippen molar-refractivity contribution < 1.29 is 19.4 Å². The summed E-state index contributed by atoms with van der Waals surface area (Å²) < 4.78 is 11.2. The average Bonchev–Trinajstić information content (AvgIpc) is 2.97. The Kier molecular flexibility index (Phi) is 3.56. The predicted molar refractivity (Wildman–Crippen MR) is 75.3 cm³/mol. The summed E-state index contributed by atoms with van der Waals surface area (Å²) in [7, 11) is 0. The van der Waals surface area contributed by atoms with E-state index in [1.54, 1.807) is 12.1 Å². The molecule has 1 aliphatic rings. The standard InChI is InChI=1S/C16H16O4/c17-16(18)14-5-6-15(13-4-2-1-3-12(13)14)20-10-11-7-8-19-9-11/h1-6,11H,7-10H2,(H,17,18). The van der Waals surface area contributed by atoms with E-state index < -0.39 is 5.97 Å². The van der Waals surface area contributed by atoms with Crippen molar-refractivity contribution in [1.82, 2.24) is 0 Å². The van der Waals surface area contributed by atoms with Crippen molar-refractivity contribution in [2.24, 2.45) is 5.92 Å². The summed E-state index contributed by atoms with van der Waals surface area (Å²) in [5.41, 5.74) is 0.303. The van der Waals surface area contributed by atoms with E-state index in [9.17, 15) is 9.90 Å². The Morgan fingerprint density at radius 1 is 1.25 bits per heavy atom. The Balaban J connectivity index is 1.91. The van der Waals surface area contributed by atoms with E-state index in [4.69, 9.17) is 9.47 Å². The van der Waals surface area contributed by atoms with Gasteiger partial charge in [-0.1, -0.05) is 24.3 Å². The van der Waals surface area contributed by atoms with Crippen LogP contribution in [0.2, 0.25) is 0 Å². The van der Waals surface area contributed by atoms with Gasteiger partial charge in [0.25, 0.3) is 0 Å². The van der Waals surface area contributed by atoms with Crippen molar-refractivity contribution in [2.45, 2.75) is 6.42 Å². The molecule has 2 aromatic carbocycles. The number of carbonyl (C=O) groups is 1. The first-order chi connectivity index (χ1) is 9.75. The van der Waals surface area contributed by atoms with Crippen molar-refractivity contribution >= 4 is 16.7 Å². The Hall–Kier alpha value is -2.07. The molecule has 1 heterocycles. The van der Waals surface area contributed by atoms with Gasteiger partial charge in [-0.25, -0.2) is 4.79 Å². The fraction of sp³-hybridized carbons (Fsp3) is 0.312. The van der Waals surface area contributed by atoms with Gasteiger partial charge in [0.1, 0.15) is 5.75 Å². The molecule has 0 aromatic heterocycles. The third-order valence-corrected chi connectivity index (χ3v) is 3.61. The molecular formula is C16H16O4. The van der Waals surface area contributed by atoms with Gasteiger partial charge >= 0.3 is 5.97 Å². The number of rotatable bonds is 4. The lowest BCUT2D eigenvalue weighted by Gasteiger charge is -2.13. The zero-order valence-corrected chi connectivity index (χ0v) is 11.0. The highest BCUT2D eigenvalue weighted by atomic mass is 16.5. The van der Waals surface area contributed by atoms with Crippen LogP contribution in [0.3, 0.4) is 0 Å². The minimum Gasteiger partial charge on any atom is -0.493 e. The van der Waals surface area contributed by atoms with Crippen molar-refractivity contribution in [1.29, 1.82) is 0 Å². The highest BCUT2D eigenvalue weighted by molar-refractivity contribution is 6.05. The second kappa shape index (κ2) is 5.51. The van der Waals surface area contributed by atoms with Crippen LogP contribution in [-0.4, -0.2) is 30.9 Å². The van der Waals surface area contributed by atoms with Gasteiger partial charge in [0.05, 0.1) is 18.8 Å². The molecule has 1 saturated heterocycles. The third kappa shape index (κ3) is 2.47. The zero-order valence-electron chi connectivity index (χ0n) is 11.0. The lowest BCUT2D eigenvalue weighted by Crippen LogP contribution is -2.12. The van der Waals surface area contributed by atoms with Crippen LogP contribution >= 0.6 is 0 Å². The summed E-state index contributed by atoms with van der Waals surface area (Å²) in [6.07, 6.45) is 1.02. The monoisotopic (exact) mass is 272 g/mol. The van der Waals surface area contributed by atoms with Gasteiger partial charge < -0.3 is 14.6 Å². The van der Waals surface area contributed by atoms with Crippen LogP contribution in [0.1, 0.15) is 16.8 Å². The summed E-state index contributed by atoms with van der Waals surface area (Å²) in [6.45, 7) is 2.15. The van der Waals surface area contributed by atoms with Crippen molar-refractivity contribution in [3.05, 3.63) is 42.0 Å². The molecule has 4 heteroatoms. The molecule has 1 aliphatic heterocycles. The lowest BCUT2D eigenvalue weighted by atomic mass is 10.0. The number of aromatic carboxylic acids is 1. The Labute approximate surface area is 116 Å². The average molecular weight is 272 g/mol. The van der Waals surface area contributed by atoms with Crippen LogP contribution in [0.25, 0.3) is 10.8 Å². The number of hydrogen-bond acceptors (Lipinski definition) is 3. The van der Waals surface area contributed by atoms with Crippen LogP contribution in [0.5, 0.6) is 5.75 Å². The molecule has 3 rings (SSSR count). The molecule has 0 radical (unpaired) electrons. The summed E-state index contributed by atoms with van der Waals surface area (Å²) in [5, 5.41) is 10.8. The number of carboxylic acid groups (broad SMARTS) is 1. The molecule has 1 fully saturated rings. The molecule has 1 unspecified atom stereocenters. The second-order valence-corrected chi connectivity index (χ2v) is 5.00. The highest BCUT2D eigenvalue weighted by Gasteiger charge is 2.17. The number of ether oxygens (including phenoxy) is 2. The first kappa shape index (κ1) is 12.9. The third-order valence-electron chi connectivity index (χ3n) is 3.61. The maximum Gasteiger partial charge on any atom is 0.336 e. The predicted octanol–water partition coefficient (Wildman–Crippen LogP) is 2.95. The number of hydrogen-bond donors (Lipinski definition) is 1. The van der Waals surface area contributed by atoms with E-state index in [0.717, 1.165) is 30.8 Å². The van der Waals surface area contributed by atoms with Crippen molar-refractivity contribution in [3.63, 3.8) is 0 Å². The van der Waals surface area contributed by atoms with Crippen LogP contribution in [0, 0.1) is 5.92 Å². The van der Waals surface area contributed by atoms with E-state index in [-0.39, 0.29) is 0 Å². The Bertz CT molecular complexity index is 629. The first-order valence-corrected chi connectivity index (χ1v) is 6.71. The molecule has 0 spiro atoms. The summed E-state index contributed by atoms with van der Waals surface area (Å²) >= 11 is 0. The molecule has 0 aliphatic carbocycles. The smallest absolute Gasteiger partial charge is 0.336 e. The summed E-state index contributed by atoms with van der Waals surface area (Å²) in [4.78, 5) is 11.2. The van der Waals surface area contributed by atoms with E-state index in [1.165, 1.54) is 0 Å². The second-order valence-electron chi connectivity index (χ2n) is 5.00. The maximum atomic E-state index is 11.2. The molecule has 0 bridgehead atoms. The number of fused-ring (bicyclic) bond motifs is 1. The normalized spacial score (nSPS) is 18.3. The molecule has 104 valence electrons. The van der Waals surface area contributed by atoms with Gasteiger partial charge in [-0.05, 0) is 23.9 Å². The molecule has 0 amide bonds. The van der Waals surface area contributed by atoms with E-state index in [1.807, 2.05) is 24.3 Å². The minimum absolute atomic E-state index is 0.303. The lowest BCUT2D eigenvalue weighted by molar-refractivity contribution is 0.0699. The maximum absolute atomic E-state index is 11.2. The fourth-order valence-electron chi connectivity index (χ4n) is 2.51. The van der Waals surface area contributed by atoms with Crippen LogP contribution in [0.4, 0.5) is 0 Å². The molecule has 2 aromatic rings. The van der Waals surface area contributed by atoms with Gasteiger partial charge in [0.2, 0.25) is 0 Å². The van der Waals surface area contributed by atoms with Gasteiger partial charge in [-0.3, -0.25) is 0 Å². The molecule has 1 atom stereocenters. The molecule has 1 N–H and O–H groups in total. The Morgan fingerprint density at radius 3 is 2.75 bits per heavy atom. The molecular weight excluding hydrogens is 256 g/mol. The summed E-state index contributed by atoms with van der Waals surface area (Å²) in [5.74, 6) is 0.238. The van der Waals surface area contributed by atoms with Crippen LogP contribution < -0.4 is 4.74 Å². The number of benzene rings is 2. The van der Waals surface area contributed by atoms with Crippen molar-refractivity contribution in [2.75, 3.05) is 19.8 Å². The zero-order chi connectivity index (χ0) is 13.9. The van der Waals surface area contributed by atoms with Crippen LogP contribution in [0.15, 0.2) is 36.4 Å². The van der Waals surface area contributed by atoms with E-state index >= 15 is 0 Å². The molecule has 20 heavy (non-hydrogen) atoms. The van der Waals surface area contributed by atoms with Gasteiger partial charge in [-0.15, -0.1) is 0 Å². The summed E-state index contributed by atoms with van der Waals surface area (Å²) in [6, 6.07) is 10.8. The van der Waals surface area contributed by atoms with Gasteiger partial charge in [0.15, 0.2) is 0 Å². The van der Waals surface area contributed by atoms with Gasteiger partial charge in [-0.2, -0.15) is 0 Å². The van der Waals surface area contributed by atoms with E-state index in [0.29, 0.717) is 23.5 Å². The Morgan fingerprint density at radius 2 is 2.05 bits per heavy atom. The highest BCUT2D eigenvalue weighted by Crippen LogP contribution is 2.29. The minimum atomic E-state index is -0.919. The van der Waals surface area contributed by atoms with Crippen LogP contribution in [-0.2, 0) is 4.74 Å². The quantitative estimate of drug-likeness (QED) is 0.929. The van der Waals surface area contributed by atoms with E-state index in [2.05, 4.69) is 0 Å². The first-order valence-electron chi connectivity index (χ1n) is 6.71. The van der Waals surface area contributed by atoms with Crippen molar-refractivity contribution in [3.8, 4) is 5.75 Å². The topological polar surface area (TPSA) is 55.8 Å². The molecule has 4 nitrogen and oxygen atoms in total. The van der Waals surface area contributed by atoms with Gasteiger partial charge in [0, 0.05) is 17.9 Å². The largest absolute Gasteiger partial charge is 0.493 e. The SMILES string of the molecule is O=C(O)c1ccc(OCC2CCOC2)c2ccccc12.